The van der Waals surface area contributed by atoms with Crippen molar-refractivity contribution in [1.82, 2.24) is 0 Å². The van der Waals surface area contributed by atoms with E-state index in [2.05, 4.69) is 0 Å². The fourth-order valence-corrected chi connectivity index (χ4v) is 4.67. The fourth-order valence-electron chi connectivity index (χ4n) is 4.67. The Morgan fingerprint density at radius 3 is 1.97 bits per heavy atom. The summed E-state index contributed by atoms with van der Waals surface area (Å²) >= 11 is 0. The summed E-state index contributed by atoms with van der Waals surface area (Å²) in [5.41, 5.74) is -2.00. The third-order valence-electron chi connectivity index (χ3n) is 7.11. The van der Waals surface area contributed by atoms with Crippen molar-refractivity contribution in [3.05, 3.63) is 0 Å². The molecule has 38 heavy (non-hydrogen) atoms. The van der Waals surface area contributed by atoms with Crippen molar-refractivity contribution in [2.45, 2.75) is 105 Å². The molecule has 0 unspecified atom stereocenters. The van der Waals surface area contributed by atoms with E-state index in [1.54, 1.807) is 0 Å². The Morgan fingerprint density at radius 2 is 1.32 bits per heavy atom. The van der Waals surface area contributed by atoms with E-state index in [-0.39, 0.29) is 6.61 Å². The highest BCUT2D eigenvalue weighted by Crippen LogP contribution is 2.32. The summed E-state index contributed by atoms with van der Waals surface area (Å²) in [6.45, 7) is -0.607. The molecule has 0 aromatic carbocycles. The summed E-state index contributed by atoms with van der Waals surface area (Å²) in [4.78, 5) is 0. The lowest BCUT2D eigenvalue weighted by atomic mass is 9.98. The van der Waals surface area contributed by atoms with E-state index < -0.39 is 118 Å². The second-order valence-electron chi connectivity index (χ2n) is 9.92. The maximum Gasteiger partial charge on any atom is 0.187 e. The average Bonchev–Trinajstić information content (AvgIpc) is 3.17. The lowest BCUT2D eigenvalue weighted by molar-refractivity contribution is -0.371. The van der Waals surface area contributed by atoms with Gasteiger partial charge in [0.1, 0.15) is 66.6 Å². The molecule has 4 heterocycles. The maximum absolute atomic E-state index is 10.8. The van der Waals surface area contributed by atoms with E-state index >= 15 is 0 Å². The van der Waals surface area contributed by atoms with Crippen molar-refractivity contribution in [3.63, 3.8) is 0 Å². The normalized spacial score (nSPS) is 54.2. The van der Waals surface area contributed by atoms with Crippen LogP contribution in [0.1, 0.15) is 6.92 Å². The highest BCUT2D eigenvalue weighted by molar-refractivity contribution is 4.96. The predicted molar refractivity (Wildman–Crippen MR) is 114 cm³/mol. The molecule has 0 amide bonds. The molecule has 0 aromatic heterocycles. The number of aliphatic hydroxyl groups excluding tert-OH is 9. The topological polar surface area (TPSA) is 267 Å². The van der Waals surface area contributed by atoms with E-state index in [9.17, 15) is 51.1 Å². The summed E-state index contributed by atoms with van der Waals surface area (Å²) in [5.74, 6) is 0. The van der Waals surface area contributed by atoms with Crippen LogP contribution in [0.3, 0.4) is 0 Å². The maximum atomic E-state index is 10.8. The van der Waals surface area contributed by atoms with Gasteiger partial charge in [-0.15, -0.1) is 0 Å². The number of ether oxygens (including phenoxy) is 7. The number of hydrogen-bond donors (Lipinski definition) is 10. The molecule has 222 valence electrons. The molecule has 17 nitrogen and oxygen atoms in total. The van der Waals surface area contributed by atoms with Crippen LogP contribution in [0.2, 0.25) is 0 Å². The molecule has 4 aliphatic rings. The summed E-state index contributed by atoms with van der Waals surface area (Å²) in [6, 6.07) is 0. The van der Waals surface area contributed by atoms with Crippen LogP contribution in [-0.2, 0) is 33.2 Å². The monoisotopic (exact) mass is 560 g/mol. The van der Waals surface area contributed by atoms with Crippen LogP contribution in [0.4, 0.5) is 0 Å². The predicted octanol–water partition coefficient (Wildman–Crippen LogP) is -6.80. The smallest absolute Gasteiger partial charge is 0.187 e. The van der Waals surface area contributed by atoms with Crippen molar-refractivity contribution >= 4 is 0 Å². The molecular weight excluding hydrogens is 524 g/mol. The summed E-state index contributed by atoms with van der Waals surface area (Å²) in [7, 11) is 0. The van der Waals surface area contributed by atoms with Crippen molar-refractivity contribution < 1.29 is 84.2 Å². The third kappa shape index (κ3) is 5.85. The van der Waals surface area contributed by atoms with E-state index in [4.69, 9.17) is 33.2 Å². The van der Waals surface area contributed by atoms with Crippen LogP contribution in [0.5, 0.6) is 0 Å². The van der Waals surface area contributed by atoms with Crippen LogP contribution < -0.4 is 0 Å². The third-order valence-corrected chi connectivity index (χ3v) is 7.11. The molecular formula is C21H36O17. The van der Waals surface area contributed by atoms with Gasteiger partial charge in [0.15, 0.2) is 25.2 Å². The van der Waals surface area contributed by atoms with Gasteiger partial charge in [0, 0.05) is 0 Å². The second kappa shape index (κ2) is 12.0. The first kappa shape index (κ1) is 30.3. The van der Waals surface area contributed by atoms with Crippen molar-refractivity contribution in [3.8, 4) is 0 Å². The van der Waals surface area contributed by atoms with Crippen molar-refractivity contribution in [1.29, 1.82) is 0 Å². The molecule has 4 aliphatic heterocycles. The van der Waals surface area contributed by atoms with E-state index in [0.29, 0.717) is 0 Å². The zero-order chi connectivity index (χ0) is 27.9. The van der Waals surface area contributed by atoms with Gasteiger partial charge in [-0.3, -0.25) is 0 Å². The van der Waals surface area contributed by atoms with Crippen molar-refractivity contribution in [2.24, 2.45) is 0 Å². The van der Waals surface area contributed by atoms with E-state index in [1.807, 2.05) is 0 Å². The van der Waals surface area contributed by atoms with Gasteiger partial charge in [0.25, 0.3) is 0 Å². The van der Waals surface area contributed by atoms with Gasteiger partial charge in [0.2, 0.25) is 0 Å². The molecule has 0 bridgehead atoms. The summed E-state index contributed by atoms with van der Waals surface area (Å²) in [6.07, 6.45) is -22.8. The zero-order valence-corrected chi connectivity index (χ0v) is 20.3. The van der Waals surface area contributed by atoms with Gasteiger partial charge < -0.3 is 84.2 Å². The van der Waals surface area contributed by atoms with Gasteiger partial charge >= 0.3 is 0 Å². The van der Waals surface area contributed by atoms with Gasteiger partial charge in [0.05, 0.1) is 32.5 Å². The molecule has 0 saturated carbocycles. The van der Waals surface area contributed by atoms with Crippen LogP contribution >= 0.6 is 0 Å². The number of rotatable bonds is 7. The Hall–Kier alpha value is -0.680. The molecule has 0 aromatic rings. The van der Waals surface area contributed by atoms with Crippen LogP contribution in [0.15, 0.2) is 0 Å². The van der Waals surface area contributed by atoms with Gasteiger partial charge in [-0.05, 0) is 6.92 Å². The number of hydrogen-bond acceptors (Lipinski definition) is 17. The zero-order valence-electron chi connectivity index (χ0n) is 20.3. The first-order chi connectivity index (χ1) is 17.9. The molecule has 16 atom stereocenters. The Balaban J connectivity index is 1.37. The molecule has 0 spiro atoms. The Morgan fingerprint density at radius 1 is 0.684 bits per heavy atom. The van der Waals surface area contributed by atoms with Crippen LogP contribution in [0.25, 0.3) is 0 Å². The quantitative estimate of drug-likeness (QED) is 0.139. The van der Waals surface area contributed by atoms with Crippen LogP contribution in [-0.4, -0.2) is 175 Å². The highest BCUT2D eigenvalue weighted by Gasteiger charge is 2.53. The molecule has 4 rings (SSSR count). The Bertz CT molecular complexity index is 776. The lowest BCUT2D eigenvalue weighted by Crippen LogP contribution is -2.64. The SMILES string of the molecule is C[C@@H]1O[C@@H](O[C@@H]2[C@@H](O)[C@@H](O)CO[C@H]2O)[C@H](O)[C@H](O)[C@H]1O[C@@H]1OC[C@@H](O)[C@H](O[C@@H]2OC[C@](O)(CO)[C@H]2O)[C@H]1O. The Kier molecular flexibility index (Phi) is 9.60. The van der Waals surface area contributed by atoms with Gasteiger partial charge in [-0.25, -0.2) is 0 Å². The Labute approximate surface area is 216 Å². The molecule has 0 radical (unpaired) electrons. The molecule has 4 fully saturated rings. The standard InChI is InChI=1S/C21H36O17/c1-6-13(10(26)11(27)19(35-6)38-15-9(25)7(23)2-32-17(15)30)36-18-12(28)14(8(24)3-33-18)37-20-16(29)21(31,4-22)5-34-20/h6-20,22-31H,2-5H2,1H3/t6-,7-,8+,9-,10-,11+,12+,13-,14-,15+,16-,17+,18-,19-,20-,21+/m0/s1. The highest BCUT2D eigenvalue weighted by atomic mass is 16.8. The summed E-state index contributed by atoms with van der Waals surface area (Å²) in [5, 5.41) is 102. The molecule has 10 N–H and O–H groups in total. The molecule has 4 saturated heterocycles. The minimum absolute atomic E-state index is 0.345. The first-order valence-electron chi connectivity index (χ1n) is 12.1. The van der Waals surface area contributed by atoms with Gasteiger partial charge in [-0.1, -0.05) is 0 Å². The lowest BCUT2D eigenvalue weighted by Gasteiger charge is -2.46. The van der Waals surface area contributed by atoms with E-state index in [0.717, 1.165) is 0 Å². The largest absolute Gasteiger partial charge is 0.393 e. The average molecular weight is 561 g/mol. The van der Waals surface area contributed by atoms with E-state index in [1.165, 1.54) is 6.92 Å². The number of aliphatic hydroxyl groups is 10. The minimum Gasteiger partial charge on any atom is -0.393 e. The summed E-state index contributed by atoms with van der Waals surface area (Å²) < 4.78 is 37.4. The second-order valence-corrected chi connectivity index (χ2v) is 9.92. The van der Waals surface area contributed by atoms with Crippen molar-refractivity contribution in [2.75, 3.05) is 26.4 Å². The van der Waals surface area contributed by atoms with Crippen LogP contribution in [0, 0.1) is 0 Å². The van der Waals surface area contributed by atoms with Gasteiger partial charge in [-0.2, -0.15) is 0 Å². The minimum atomic E-state index is -2.00. The molecule has 17 heteroatoms. The fraction of sp³-hybridized carbons (Fsp3) is 1.00. The molecule has 0 aliphatic carbocycles. The first-order valence-corrected chi connectivity index (χ1v) is 12.1.